The van der Waals surface area contributed by atoms with Crippen LogP contribution in [0.15, 0.2) is 87.4 Å². The Kier molecular flexibility index (Phi) is 4.62. The Morgan fingerprint density at radius 2 is 1.78 bits per heavy atom. The Balaban J connectivity index is 1.79. The van der Waals surface area contributed by atoms with Crippen molar-refractivity contribution in [2.75, 3.05) is 0 Å². The summed E-state index contributed by atoms with van der Waals surface area (Å²) in [5, 5.41) is 21.4. The fourth-order valence-electron chi connectivity index (χ4n) is 3.97. The summed E-state index contributed by atoms with van der Waals surface area (Å²) in [5.41, 5.74) is 7.55. The van der Waals surface area contributed by atoms with E-state index in [1.807, 2.05) is 30.3 Å². The highest BCUT2D eigenvalue weighted by molar-refractivity contribution is 6.30. The normalized spacial score (nSPS) is 15.2. The van der Waals surface area contributed by atoms with Crippen molar-refractivity contribution in [1.29, 1.82) is 5.26 Å². The number of ether oxygens (including phenoxy) is 1. The molecule has 1 unspecified atom stereocenters. The lowest BCUT2D eigenvalue weighted by Crippen LogP contribution is -2.21. The summed E-state index contributed by atoms with van der Waals surface area (Å²) < 4.78 is 11.6. The third-order valence-corrected chi connectivity index (χ3v) is 5.69. The number of phenolic OH excluding ortho intramolecular Hbond substituents is 1. The molecule has 0 aliphatic carbocycles. The van der Waals surface area contributed by atoms with Crippen molar-refractivity contribution >= 4 is 22.6 Å². The topological polar surface area (TPSA) is 109 Å². The molecule has 1 aliphatic heterocycles. The zero-order chi connectivity index (χ0) is 22.4. The molecule has 1 aromatic heterocycles. The smallest absolute Gasteiger partial charge is 0.205 e. The molecule has 0 saturated heterocycles. The molecule has 32 heavy (non-hydrogen) atoms. The van der Waals surface area contributed by atoms with Gasteiger partial charge in [-0.25, -0.2) is 0 Å². The number of rotatable bonds is 2. The number of nitrogens with two attached hydrogens (primary N) is 1. The molecule has 3 N–H and O–H groups in total. The van der Waals surface area contributed by atoms with Gasteiger partial charge in [0.2, 0.25) is 5.88 Å². The summed E-state index contributed by atoms with van der Waals surface area (Å²) in [6.45, 7) is 0. The number of nitriles is 1. The van der Waals surface area contributed by atoms with E-state index in [0.29, 0.717) is 16.3 Å². The van der Waals surface area contributed by atoms with E-state index in [2.05, 4.69) is 6.07 Å². The van der Waals surface area contributed by atoms with Gasteiger partial charge in [0.15, 0.2) is 5.43 Å². The minimum atomic E-state index is -0.737. The molecular weight excluding hydrogens is 428 g/mol. The van der Waals surface area contributed by atoms with Crippen molar-refractivity contribution in [3.8, 4) is 28.9 Å². The molecule has 0 amide bonds. The van der Waals surface area contributed by atoms with Crippen LogP contribution in [0.2, 0.25) is 5.02 Å². The quantitative estimate of drug-likeness (QED) is 0.450. The number of aromatic hydroxyl groups is 1. The van der Waals surface area contributed by atoms with E-state index < -0.39 is 11.3 Å². The maximum Gasteiger partial charge on any atom is 0.205 e. The predicted molar refractivity (Wildman–Crippen MR) is 120 cm³/mol. The lowest BCUT2D eigenvalue weighted by atomic mass is 9.82. The van der Waals surface area contributed by atoms with E-state index >= 15 is 0 Å². The van der Waals surface area contributed by atoms with Gasteiger partial charge in [0.25, 0.3) is 0 Å². The maximum absolute atomic E-state index is 13.0. The number of hydrogen-bond acceptors (Lipinski definition) is 6. The number of allylic oxidation sites excluding steroid dienone is 1. The third-order valence-electron chi connectivity index (χ3n) is 5.44. The molecule has 7 heteroatoms. The Morgan fingerprint density at radius 3 is 2.47 bits per heavy atom. The fraction of sp³-hybridized carbons (Fsp3) is 0.0400. The first kappa shape index (κ1) is 19.7. The van der Waals surface area contributed by atoms with Crippen molar-refractivity contribution in [2.24, 2.45) is 5.73 Å². The number of nitrogens with zero attached hydrogens (tertiary/aromatic N) is 1. The minimum absolute atomic E-state index is 0.00348. The van der Waals surface area contributed by atoms with Crippen molar-refractivity contribution < 1.29 is 14.3 Å². The van der Waals surface area contributed by atoms with Crippen LogP contribution in [0.3, 0.4) is 0 Å². The second-order valence-corrected chi connectivity index (χ2v) is 7.76. The first-order valence-electron chi connectivity index (χ1n) is 9.70. The van der Waals surface area contributed by atoms with Gasteiger partial charge in [-0.1, -0.05) is 54.1 Å². The second kappa shape index (κ2) is 7.49. The van der Waals surface area contributed by atoms with Gasteiger partial charge in [0.1, 0.15) is 39.9 Å². The Labute approximate surface area is 187 Å². The van der Waals surface area contributed by atoms with Crippen molar-refractivity contribution in [2.45, 2.75) is 5.92 Å². The Bertz CT molecular complexity index is 1500. The minimum Gasteiger partial charge on any atom is -0.507 e. The van der Waals surface area contributed by atoms with Crippen LogP contribution >= 0.6 is 11.6 Å². The monoisotopic (exact) mass is 442 g/mol. The number of benzene rings is 3. The molecule has 1 atom stereocenters. The van der Waals surface area contributed by atoms with Gasteiger partial charge in [-0.15, -0.1) is 0 Å². The molecule has 0 radical (unpaired) electrons. The molecular formula is C25H15ClN2O4. The zero-order valence-electron chi connectivity index (χ0n) is 16.5. The van der Waals surface area contributed by atoms with Crippen molar-refractivity contribution in [3.05, 3.63) is 105 Å². The van der Waals surface area contributed by atoms with E-state index in [0.717, 1.165) is 5.56 Å². The van der Waals surface area contributed by atoms with Crippen LogP contribution in [0, 0.1) is 11.3 Å². The molecule has 1 aliphatic rings. The van der Waals surface area contributed by atoms with Gasteiger partial charge < -0.3 is 20.0 Å². The standard InChI is InChI=1S/C25H15ClN2O4/c26-15-8-6-14(7-9-15)21-16(12-27)25(28)32-20-11-19-22(24(30)23(20)21)17(29)10-18(31-19)13-4-2-1-3-5-13/h1-11,21,30H,28H2. The van der Waals surface area contributed by atoms with Crippen LogP contribution in [0.1, 0.15) is 17.0 Å². The van der Waals surface area contributed by atoms with Crippen LogP contribution in [0.4, 0.5) is 0 Å². The van der Waals surface area contributed by atoms with Crippen molar-refractivity contribution in [1.82, 2.24) is 0 Å². The highest BCUT2D eigenvalue weighted by Crippen LogP contribution is 2.49. The summed E-state index contributed by atoms with van der Waals surface area (Å²) >= 11 is 6.02. The third kappa shape index (κ3) is 3.08. The summed E-state index contributed by atoms with van der Waals surface area (Å²) in [5.74, 6) is -0.571. The number of hydrogen-bond donors (Lipinski definition) is 2. The fourth-order valence-corrected chi connectivity index (χ4v) is 4.10. The molecule has 156 valence electrons. The van der Waals surface area contributed by atoms with E-state index in [1.54, 1.807) is 24.3 Å². The maximum atomic E-state index is 13.0. The van der Waals surface area contributed by atoms with Crippen LogP contribution in [-0.2, 0) is 0 Å². The largest absolute Gasteiger partial charge is 0.507 e. The number of fused-ring (bicyclic) bond motifs is 2. The predicted octanol–water partition coefficient (Wildman–Crippen LogP) is 5.04. The summed E-state index contributed by atoms with van der Waals surface area (Å²) in [7, 11) is 0. The van der Waals surface area contributed by atoms with Gasteiger partial charge >= 0.3 is 0 Å². The summed E-state index contributed by atoms with van der Waals surface area (Å²) in [6, 6.07) is 20.9. The molecule has 5 rings (SSSR count). The molecule has 0 saturated carbocycles. The molecule has 4 aromatic rings. The first-order valence-corrected chi connectivity index (χ1v) is 10.1. The molecule has 0 bridgehead atoms. The molecule has 0 spiro atoms. The average molecular weight is 443 g/mol. The van der Waals surface area contributed by atoms with Crippen LogP contribution < -0.4 is 15.9 Å². The lowest BCUT2D eigenvalue weighted by molar-refractivity contribution is 0.383. The first-order chi connectivity index (χ1) is 15.5. The van der Waals surface area contributed by atoms with Crippen LogP contribution in [0.25, 0.3) is 22.3 Å². The van der Waals surface area contributed by atoms with E-state index in [9.17, 15) is 15.2 Å². The zero-order valence-corrected chi connectivity index (χ0v) is 17.3. The number of halogens is 1. The summed E-state index contributed by atoms with van der Waals surface area (Å²) in [4.78, 5) is 13.0. The highest BCUT2D eigenvalue weighted by Gasteiger charge is 2.35. The SMILES string of the molecule is N#CC1=C(N)Oc2cc3oc(-c4ccccc4)cc(=O)c3c(O)c2C1c1ccc(Cl)cc1. The summed E-state index contributed by atoms with van der Waals surface area (Å²) in [6.07, 6.45) is 0. The number of phenols is 1. The Hall–Kier alpha value is -4.21. The van der Waals surface area contributed by atoms with Gasteiger partial charge in [0.05, 0.1) is 11.5 Å². The lowest BCUT2D eigenvalue weighted by Gasteiger charge is -2.27. The average Bonchev–Trinajstić information content (AvgIpc) is 2.79. The molecule has 0 fully saturated rings. The van der Waals surface area contributed by atoms with Gasteiger partial charge in [-0.05, 0) is 17.7 Å². The van der Waals surface area contributed by atoms with E-state index in [4.69, 9.17) is 26.5 Å². The van der Waals surface area contributed by atoms with Gasteiger partial charge in [0, 0.05) is 22.7 Å². The van der Waals surface area contributed by atoms with Crippen LogP contribution in [0.5, 0.6) is 11.5 Å². The molecule has 3 aromatic carbocycles. The second-order valence-electron chi connectivity index (χ2n) is 7.33. The highest BCUT2D eigenvalue weighted by atomic mass is 35.5. The van der Waals surface area contributed by atoms with Crippen molar-refractivity contribution in [3.63, 3.8) is 0 Å². The van der Waals surface area contributed by atoms with E-state index in [1.165, 1.54) is 12.1 Å². The molecule has 2 heterocycles. The van der Waals surface area contributed by atoms with E-state index in [-0.39, 0.29) is 39.5 Å². The van der Waals surface area contributed by atoms with Gasteiger partial charge in [-0.2, -0.15) is 5.26 Å². The van der Waals surface area contributed by atoms with Gasteiger partial charge in [-0.3, -0.25) is 4.79 Å². The molecule has 6 nitrogen and oxygen atoms in total. The Morgan fingerprint density at radius 1 is 1.06 bits per heavy atom. The van der Waals surface area contributed by atoms with Crippen LogP contribution in [-0.4, -0.2) is 5.11 Å².